The van der Waals surface area contributed by atoms with E-state index in [0.717, 1.165) is 44.9 Å². The van der Waals surface area contributed by atoms with E-state index in [4.69, 9.17) is 5.11 Å². The van der Waals surface area contributed by atoms with E-state index >= 15 is 0 Å². The molecule has 0 bridgehead atoms. The predicted molar refractivity (Wildman–Crippen MR) is 67.8 cm³/mol. The topological polar surface area (TPSA) is 77.4 Å². The van der Waals surface area contributed by atoms with Gasteiger partial charge in [0, 0.05) is 5.25 Å². The van der Waals surface area contributed by atoms with Crippen LogP contribution in [0, 0.1) is 0 Å². The summed E-state index contributed by atoms with van der Waals surface area (Å²) in [4.78, 5) is 0. The van der Waals surface area contributed by atoms with Crippen molar-refractivity contribution in [3.8, 4) is 0 Å². The van der Waals surface area contributed by atoms with Gasteiger partial charge in [-0.25, -0.2) is 8.42 Å². The second kappa shape index (κ2) is 11.7. The molecule has 4 nitrogen and oxygen atoms in total. The second-order valence-electron chi connectivity index (χ2n) is 4.85. The zero-order chi connectivity index (χ0) is 13.3. The minimum atomic E-state index is -4.09. The molecule has 18 heavy (non-hydrogen) atoms. The maximum atomic E-state index is 10.6. The number of hydrogen-bond donors (Lipinski definition) is 1. The Morgan fingerprint density at radius 1 is 0.944 bits per heavy atom. The minimum Gasteiger partial charge on any atom is -0.748 e. The summed E-state index contributed by atoms with van der Waals surface area (Å²) < 4.78 is 31.9. The number of aliphatic hydroxyl groups is 1. The van der Waals surface area contributed by atoms with Gasteiger partial charge in [-0.1, -0.05) is 38.5 Å². The fourth-order valence-electron chi connectivity index (χ4n) is 1.72. The van der Waals surface area contributed by atoms with Crippen molar-refractivity contribution in [2.45, 2.75) is 76.6 Å². The Balaban J connectivity index is 0. The van der Waals surface area contributed by atoms with E-state index in [1.807, 2.05) is 0 Å². The molecule has 2 unspecified atom stereocenters. The van der Waals surface area contributed by atoms with Crippen molar-refractivity contribution in [3.05, 3.63) is 0 Å². The van der Waals surface area contributed by atoms with E-state index in [1.54, 1.807) is 6.92 Å². The molecule has 1 N–H and O–H groups in total. The molecular formula is C12H25NaO4S. The van der Waals surface area contributed by atoms with Crippen LogP contribution in [0.2, 0.25) is 0 Å². The van der Waals surface area contributed by atoms with Crippen LogP contribution in [0.15, 0.2) is 0 Å². The molecule has 0 radical (unpaired) electrons. The first-order valence-electron chi connectivity index (χ1n) is 6.47. The van der Waals surface area contributed by atoms with Crippen LogP contribution in [0.25, 0.3) is 0 Å². The van der Waals surface area contributed by atoms with Gasteiger partial charge in [0.25, 0.3) is 0 Å². The van der Waals surface area contributed by atoms with Crippen LogP contribution in [-0.2, 0) is 10.1 Å². The average molecular weight is 288 g/mol. The molecule has 6 heteroatoms. The molecule has 2 atom stereocenters. The standard InChI is InChI=1S/C12H26O4S.Na/c1-11(13)9-7-5-3-4-6-8-10-12(2)17(14,15)16;/h11-13H,3-10H2,1-2H3,(H,14,15,16);/q;+1/p-1. The zero-order valence-electron chi connectivity index (χ0n) is 11.9. The average Bonchev–Trinajstić information content (AvgIpc) is 2.19. The van der Waals surface area contributed by atoms with Crippen molar-refractivity contribution in [1.82, 2.24) is 0 Å². The Morgan fingerprint density at radius 3 is 1.72 bits per heavy atom. The number of hydrogen-bond acceptors (Lipinski definition) is 4. The molecule has 0 heterocycles. The van der Waals surface area contributed by atoms with Crippen LogP contribution in [0.1, 0.15) is 65.2 Å². The smallest absolute Gasteiger partial charge is 0.748 e. The summed E-state index contributed by atoms with van der Waals surface area (Å²) in [6, 6.07) is 0. The van der Waals surface area contributed by atoms with Gasteiger partial charge in [-0.2, -0.15) is 0 Å². The molecular weight excluding hydrogens is 263 g/mol. The van der Waals surface area contributed by atoms with Gasteiger partial charge in [0.05, 0.1) is 16.2 Å². The van der Waals surface area contributed by atoms with Crippen LogP contribution in [0.4, 0.5) is 0 Å². The van der Waals surface area contributed by atoms with Gasteiger partial charge in [-0.3, -0.25) is 0 Å². The summed E-state index contributed by atoms with van der Waals surface area (Å²) in [5, 5.41) is 8.29. The second-order valence-corrected chi connectivity index (χ2v) is 6.64. The first kappa shape index (κ1) is 21.2. The van der Waals surface area contributed by atoms with Crippen LogP contribution >= 0.6 is 0 Å². The van der Waals surface area contributed by atoms with Gasteiger partial charge in [-0.15, -0.1) is 0 Å². The number of unbranched alkanes of at least 4 members (excludes halogenated alkanes) is 5. The molecule has 0 aromatic heterocycles. The molecule has 0 rings (SSSR count). The molecule has 0 saturated carbocycles. The molecule has 0 amide bonds. The largest absolute Gasteiger partial charge is 1.00 e. The third-order valence-electron chi connectivity index (χ3n) is 2.98. The SMILES string of the molecule is CC(O)CCCCCCCCC(C)S(=O)(=O)[O-].[Na+]. The van der Waals surface area contributed by atoms with E-state index in [-0.39, 0.29) is 35.7 Å². The molecule has 104 valence electrons. The maximum absolute atomic E-state index is 10.6. The molecule has 0 aromatic carbocycles. The minimum absolute atomic E-state index is 0. The van der Waals surface area contributed by atoms with Crippen molar-refractivity contribution in [1.29, 1.82) is 0 Å². The van der Waals surface area contributed by atoms with Crippen molar-refractivity contribution < 1.29 is 47.6 Å². The Morgan fingerprint density at radius 2 is 1.33 bits per heavy atom. The summed E-state index contributed by atoms with van der Waals surface area (Å²) in [5.41, 5.74) is 0. The van der Waals surface area contributed by atoms with Gasteiger partial charge in [0.2, 0.25) is 0 Å². The summed E-state index contributed by atoms with van der Waals surface area (Å²) in [6.45, 7) is 3.27. The molecule has 0 aromatic rings. The van der Waals surface area contributed by atoms with Crippen LogP contribution in [0.3, 0.4) is 0 Å². The van der Waals surface area contributed by atoms with E-state index in [2.05, 4.69) is 0 Å². The summed E-state index contributed by atoms with van der Waals surface area (Å²) in [6.07, 6.45) is 7.25. The fourth-order valence-corrected chi connectivity index (χ4v) is 2.18. The van der Waals surface area contributed by atoms with Gasteiger partial charge in [-0.05, 0) is 26.7 Å². The molecule has 0 aliphatic rings. The Kier molecular flexibility index (Phi) is 13.7. The Hall–Kier alpha value is 0.870. The maximum Gasteiger partial charge on any atom is 1.00 e. The van der Waals surface area contributed by atoms with E-state index < -0.39 is 15.4 Å². The van der Waals surface area contributed by atoms with E-state index in [9.17, 15) is 13.0 Å². The monoisotopic (exact) mass is 288 g/mol. The van der Waals surface area contributed by atoms with Crippen LogP contribution < -0.4 is 29.6 Å². The summed E-state index contributed by atoms with van der Waals surface area (Å²) in [5.74, 6) is 0. The van der Waals surface area contributed by atoms with Crippen LogP contribution in [-0.4, -0.2) is 29.4 Å². The van der Waals surface area contributed by atoms with Crippen molar-refractivity contribution in [2.75, 3.05) is 0 Å². The van der Waals surface area contributed by atoms with Crippen LogP contribution in [0.5, 0.6) is 0 Å². The third-order valence-corrected chi connectivity index (χ3v) is 4.20. The first-order valence-corrected chi connectivity index (χ1v) is 7.94. The molecule has 0 aliphatic heterocycles. The molecule has 0 saturated heterocycles. The third kappa shape index (κ3) is 13.3. The van der Waals surface area contributed by atoms with Gasteiger partial charge in [0.15, 0.2) is 0 Å². The summed E-state index contributed by atoms with van der Waals surface area (Å²) >= 11 is 0. The number of rotatable bonds is 10. The normalized spacial score (nSPS) is 14.9. The quantitative estimate of drug-likeness (QED) is 0.332. The van der Waals surface area contributed by atoms with Gasteiger partial charge in [0.1, 0.15) is 0 Å². The van der Waals surface area contributed by atoms with Crippen molar-refractivity contribution in [3.63, 3.8) is 0 Å². The van der Waals surface area contributed by atoms with Crippen molar-refractivity contribution in [2.24, 2.45) is 0 Å². The summed E-state index contributed by atoms with van der Waals surface area (Å²) in [7, 11) is -4.09. The molecule has 0 spiro atoms. The Bertz CT molecular complexity index is 278. The molecule has 0 aliphatic carbocycles. The Labute approximate surface area is 134 Å². The molecule has 0 fully saturated rings. The first-order chi connectivity index (χ1) is 7.84. The van der Waals surface area contributed by atoms with Gasteiger partial charge < -0.3 is 9.66 Å². The fraction of sp³-hybridized carbons (Fsp3) is 1.00. The van der Waals surface area contributed by atoms with E-state index in [1.165, 1.54) is 6.92 Å². The van der Waals surface area contributed by atoms with E-state index in [0.29, 0.717) is 6.42 Å². The number of aliphatic hydroxyl groups excluding tert-OH is 1. The van der Waals surface area contributed by atoms with Crippen molar-refractivity contribution >= 4 is 10.1 Å². The predicted octanol–water partition coefficient (Wildman–Crippen LogP) is -0.574. The van der Waals surface area contributed by atoms with Gasteiger partial charge >= 0.3 is 29.6 Å². The zero-order valence-corrected chi connectivity index (χ0v) is 14.7.